The summed E-state index contributed by atoms with van der Waals surface area (Å²) in [5, 5.41) is 12.4. The monoisotopic (exact) mass is 409 g/mol. The Labute approximate surface area is 166 Å². The van der Waals surface area contributed by atoms with Gasteiger partial charge in [0.15, 0.2) is 10.9 Å². The SMILES string of the molecule is Cl.O=C(CSc1nnc(-c2ccco2)n1Cc1ccco1)N1CCNCC1. The van der Waals surface area contributed by atoms with Gasteiger partial charge in [-0.25, -0.2) is 0 Å². The Morgan fingerprint density at radius 3 is 2.63 bits per heavy atom. The minimum Gasteiger partial charge on any atom is -0.467 e. The Kier molecular flexibility index (Phi) is 6.59. The van der Waals surface area contributed by atoms with E-state index in [0.29, 0.717) is 29.0 Å². The van der Waals surface area contributed by atoms with Crippen LogP contribution in [0.2, 0.25) is 0 Å². The fourth-order valence-electron chi connectivity index (χ4n) is 2.82. The van der Waals surface area contributed by atoms with Gasteiger partial charge in [-0.1, -0.05) is 11.8 Å². The molecule has 0 bridgehead atoms. The van der Waals surface area contributed by atoms with Gasteiger partial charge in [0.05, 0.1) is 24.8 Å². The van der Waals surface area contributed by atoms with E-state index < -0.39 is 0 Å². The Morgan fingerprint density at radius 1 is 1.15 bits per heavy atom. The predicted molar refractivity (Wildman–Crippen MR) is 103 cm³/mol. The number of furan rings is 2. The number of carbonyl (C=O) groups is 1. The summed E-state index contributed by atoms with van der Waals surface area (Å²) in [5.41, 5.74) is 0. The maximum Gasteiger partial charge on any atom is 0.233 e. The molecule has 8 nitrogen and oxygen atoms in total. The molecule has 1 aliphatic rings. The van der Waals surface area contributed by atoms with E-state index in [4.69, 9.17) is 8.83 Å². The molecule has 0 aromatic carbocycles. The second-order valence-electron chi connectivity index (χ2n) is 5.87. The molecule has 3 aromatic rings. The van der Waals surface area contributed by atoms with Crippen molar-refractivity contribution in [3.63, 3.8) is 0 Å². The lowest BCUT2D eigenvalue weighted by molar-refractivity contribution is -0.128. The summed E-state index contributed by atoms with van der Waals surface area (Å²) in [6, 6.07) is 7.38. The lowest BCUT2D eigenvalue weighted by Gasteiger charge is -2.27. The van der Waals surface area contributed by atoms with E-state index in [0.717, 1.165) is 31.9 Å². The Morgan fingerprint density at radius 2 is 1.93 bits per heavy atom. The molecule has 0 unspecified atom stereocenters. The first-order valence-corrected chi connectivity index (χ1v) is 9.40. The normalized spacial score (nSPS) is 14.1. The van der Waals surface area contributed by atoms with Gasteiger partial charge in [-0.15, -0.1) is 22.6 Å². The molecule has 1 saturated heterocycles. The van der Waals surface area contributed by atoms with Crippen LogP contribution >= 0.6 is 24.2 Å². The molecule has 1 aliphatic heterocycles. The number of halogens is 1. The molecule has 0 atom stereocenters. The van der Waals surface area contributed by atoms with Crippen molar-refractivity contribution in [2.75, 3.05) is 31.9 Å². The van der Waals surface area contributed by atoms with Gasteiger partial charge in [0.1, 0.15) is 5.76 Å². The van der Waals surface area contributed by atoms with Crippen molar-refractivity contribution >= 4 is 30.1 Å². The van der Waals surface area contributed by atoms with Gasteiger partial charge in [0.25, 0.3) is 0 Å². The van der Waals surface area contributed by atoms with Crippen LogP contribution in [0, 0.1) is 0 Å². The molecular formula is C17H20ClN5O3S. The molecule has 0 spiro atoms. The minimum atomic E-state index is 0. The molecule has 3 aromatic heterocycles. The highest BCUT2D eigenvalue weighted by molar-refractivity contribution is 7.99. The van der Waals surface area contributed by atoms with Crippen molar-refractivity contribution < 1.29 is 13.6 Å². The number of piperazine rings is 1. The van der Waals surface area contributed by atoms with Crippen LogP contribution in [0.4, 0.5) is 0 Å². The summed E-state index contributed by atoms with van der Waals surface area (Å²) in [4.78, 5) is 14.3. The molecule has 4 rings (SSSR count). The van der Waals surface area contributed by atoms with E-state index in [-0.39, 0.29) is 18.3 Å². The zero-order valence-electron chi connectivity index (χ0n) is 14.5. The first-order chi connectivity index (χ1) is 12.8. The first-order valence-electron chi connectivity index (χ1n) is 8.42. The lowest BCUT2D eigenvalue weighted by atomic mass is 10.3. The van der Waals surface area contributed by atoms with E-state index in [9.17, 15) is 4.79 Å². The van der Waals surface area contributed by atoms with E-state index >= 15 is 0 Å². The third kappa shape index (κ3) is 4.55. The number of hydrogen-bond acceptors (Lipinski definition) is 7. The van der Waals surface area contributed by atoms with Gasteiger partial charge in [-0.05, 0) is 24.3 Å². The lowest BCUT2D eigenvalue weighted by Crippen LogP contribution is -2.47. The molecule has 0 saturated carbocycles. The molecule has 1 N–H and O–H groups in total. The summed E-state index contributed by atoms with van der Waals surface area (Å²) in [5.74, 6) is 2.47. The molecule has 4 heterocycles. The number of amides is 1. The highest BCUT2D eigenvalue weighted by Gasteiger charge is 2.21. The third-order valence-corrected chi connectivity index (χ3v) is 5.10. The summed E-state index contributed by atoms with van der Waals surface area (Å²) >= 11 is 1.38. The van der Waals surface area contributed by atoms with Crippen LogP contribution in [0.1, 0.15) is 5.76 Å². The second kappa shape index (κ2) is 9.12. The Hall–Kier alpha value is -2.23. The molecule has 27 heavy (non-hydrogen) atoms. The smallest absolute Gasteiger partial charge is 0.233 e. The molecule has 144 valence electrons. The fourth-order valence-corrected chi connectivity index (χ4v) is 3.66. The van der Waals surface area contributed by atoms with E-state index in [1.54, 1.807) is 12.5 Å². The highest BCUT2D eigenvalue weighted by atomic mass is 35.5. The van der Waals surface area contributed by atoms with Crippen LogP contribution in [0.25, 0.3) is 11.6 Å². The highest BCUT2D eigenvalue weighted by Crippen LogP contribution is 2.25. The van der Waals surface area contributed by atoms with Crippen molar-refractivity contribution in [2.24, 2.45) is 0 Å². The largest absolute Gasteiger partial charge is 0.467 e. The summed E-state index contributed by atoms with van der Waals surface area (Å²) < 4.78 is 12.8. The number of nitrogens with one attached hydrogen (secondary N) is 1. The molecule has 1 fully saturated rings. The van der Waals surface area contributed by atoms with Gasteiger partial charge >= 0.3 is 0 Å². The number of nitrogens with zero attached hydrogens (tertiary/aromatic N) is 4. The maximum atomic E-state index is 12.4. The van der Waals surface area contributed by atoms with E-state index in [1.165, 1.54) is 11.8 Å². The number of rotatable bonds is 6. The van der Waals surface area contributed by atoms with E-state index in [2.05, 4.69) is 15.5 Å². The van der Waals surface area contributed by atoms with Crippen molar-refractivity contribution in [3.05, 3.63) is 42.6 Å². The quantitative estimate of drug-likeness (QED) is 0.623. The van der Waals surface area contributed by atoms with Gasteiger partial charge in [0.2, 0.25) is 11.7 Å². The molecule has 0 aliphatic carbocycles. The van der Waals surface area contributed by atoms with Crippen LogP contribution in [0.15, 0.2) is 50.8 Å². The van der Waals surface area contributed by atoms with Gasteiger partial charge in [-0.2, -0.15) is 0 Å². The second-order valence-corrected chi connectivity index (χ2v) is 6.81. The number of carbonyl (C=O) groups excluding carboxylic acids is 1. The van der Waals surface area contributed by atoms with Gasteiger partial charge in [0, 0.05) is 26.2 Å². The van der Waals surface area contributed by atoms with Gasteiger partial charge in [-0.3, -0.25) is 9.36 Å². The van der Waals surface area contributed by atoms with Crippen LogP contribution in [0.3, 0.4) is 0 Å². The van der Waals surface area contributed by atoms with Crippen molar-refractivity contribution in [3.8, 4) is 11.6 Å². The van der Waals surface area contributed by atoms with Crippen molar-refractivity contribution in [1.29, 1.82) is 0 Å². The third-order valence-electron chi connectivity index (χ3n) is 4.15. The van der Waals surface area contributed by atoms with Crippen LogP contribution in [0.5, 0.6) is 0 Å². The number of aromatic nitrogens is 3. The fraction of sp³-hybridized carbons (Fsp3) is 0.353. The first kappa shape index (κ1) is 19.5. The molecule has 10 heteroatoms. The van der Waals surface area contributed by atoms with Gasteiger partial charge < -0.3 is 19.1 Å². The van der Waals surface area contributed by atoms with Crippen LogP contribution < -0.4 is 5.32 Å². The summed E-state index contributed by atoms with van der Waals surface area (Å²) in [6.07, 6.45) is 3.23. The Balaban J connectivity index is 0.00000210. The zero-order chi connectivity index (χ0) is 17.8. The molecular weight excluding hydrogens is 390 g/mol. The average molecular weight is 410 g/mol. The number of thioether (sulfide) groups is 1. The standard InChI is InChI=1S/C17H19N5O3S.ClH/c23-15(21-7-5-18-6-8-21)12-26-17-20-19-16(14-4-2-10-25-14)22(17)11-13-3-1-9-24-13;/h1-4,9-10,18H,5-8,11-12H2;1H. The van der Waals surface area contributed by atoms with E-state index in [1.807, 2.05) is 33.7 Å². The average Bonchev–Trinajstić information content (AvgIpc) is 3.43. The summed E-state index contributed by atoms with van der Waals surface area (Å²) in [6.45, 7) is 3.65. The topological polar surface area (TPSA) is 89.3 Å². The molecule has 1 amide bonds. The van der Waals surface area contributed by atoms with Crippen LogP contribution in [-0.4, -0.2) is 57.5 Å². The van der Waals surface area contributed by atoms with Crippen LogP contribution in [-0.2, 0) is 11.3 Å². The summed E-state index contributed by atoms with van der Waals surface area (Å²) in [7, 11) is 0. The Bertz CT molecular complexity index is 844. The predicted octanol–water partition coefficient (Wildman–Crippen LogP) is 2.13. The van der Waals surface area contributed by atoms with Crippen molar-refractivity contribution in [1.82, 2.24) is 25.0 Å². The minimum absolute atomic E-state index is 0. The van der Waals surface area contributed by atoms with Crippen molar-refractivity contribution in [2.45, 2.75) is 11.7 Å². The molecule has 0 radical (unpaired) electrons. The number of hydrogen-bond donors (Lipinski definition) is 1. The zero-order valence-corrected chi connectivity index (χ0v) is 16.2. The maximum absolute atomic E-state index is 12.4.